The van der Waals surface area contributed by atoms with Crippen LogP contribution in [0.4, 0.5) is 24.5 Å². The van der Waals surface area contributed by atoms with Crippen LogP contribution >= 0.6 is 11.6 Å². The molecular weight excluding hydrogens is 317 g/mol. The first kappa shape index (κ1) is 16.2. The lowest BCUT2D eigenvalue weighted by atomic mass is 10.2. The third-order valence-electron chi connectivity index (χ3n) is 2.81. The molecule has 2 rings (SSSR count). The minimum Gasteiger partial charge on any atom is -0.382 e. The first-order valence-corrected chi connectivity index (χ1v) is 6.78. The van der Waals surface area contributed by atoms with Crippen molar-refractivity contribution >= 4 is 28.9 Å². The molecule has 22 heavy (non-hydrogen) atoms. The zero-order valence-electron chi connectivity index (χ0n) is 11.3. The normalized spacial score (nSPS) is 10.4. The summed E-state index contributed by atoms with van der Waals surface area (Å²) >= 11 is 5.79. The van der Waals surface area contributed by atoms with Crippen LogP contribution in [-0.2, 0) is 4.79 Å². The van der Waals surface area contributed by atoms with E-state index in [0.717, 1.165) is 12.1 Å². The van der Waals surface area contributed by atoms with Gasteiger partial charge in [0.05, 0.1) is 5.69 Å². The van der Waals surface area contributed by atoms with Gasteiger partial charge in [0.1, 0.15) is 0 Å². The van der Waals surface area contributed by atoms with Crippen molar-refractivity contribution < 1.29 is 18.0 Å². The van der Waals surface area contributed by atoms with E-state index in [1.54, 1.807) is 24.3 Å². The molecule has 0 spiro atoms. The first-order chi connectivity index (χ1) is 10.5. The van der Waals surface area contributed by atoms with E-state index >= 15 is 0 Å². The molecule has 7 heteroatoms. The Bertz CT molecular complexity index is 694. The molecule has 0 atom stereocenters. The van der Waals surface area contributed by atoms with Crippen molar-refractivity contribution in [1.82, 2.24) is 0 Å². The third-order valence-corrected chi connectivity index (χ3v) is 3.05. The maximum absolute atomic E-state index is 13.4. The predicted molar refractivity (Wildman–Crippen MR) is 79.5 cm³/mol. The number of carbonyl (C=O) groups is 1. The van der Waals surface area contributed by atoms with Crippen molar-refractivity contribution in [2.75, 3.05) is 17.2 Å². The molecule has 0 aliphatic rings. The van der Waals surface area contributed by atoms with E-state index in [2.05, 4.69) is 10.6 Å². The molecule has 0 bridgehead atoms. The van der Waals surface area contributed by atoms with Gasteiger partial charge >= 0.3 is 0 Å². The molecule has 0 saturated heterocycles. The van der Waals surface area contributed by atoms with Crippen LogP contribution < -0.4 is 10.6 Å². The van der Waals surface area contributed by atoms with Gasteiger partial charge < -0.3 is 10.6 Å². The highest BCUT2D eigenvalue weighted by Crippen LogP contribution is 2.19. The summed E-state index contributed by atoms with van der Waals surface area (Å²) < 4.78 is 39.2. The fraction of sp³-hybridized carbons (Fsp3) is 0.133. The Labute approximate surface area is 130 Å². The predicted octanol–water partition coefficient (Wildman–Crippen LogP) is 4.20. The summed E-state index contributed by atoms with van der Waals surface area (Å²) in [7, 11) is 0. The van der Waals surface area contributed by atoms with Crippen LogP contribution in [0.5, 0.6) is 0 Å². The Kier molecular flexibility index (Phi) is 5.27. The van der Waals surface area contributed by atoms with E-state index in [1.807, 2.05) is 0 Å². The molecule has 0 saturated carbocycles. The van der Waals surface area contributed by atoms with Gasteiger partial charge in [-0.25, -0.2) is 13.2 Å². The number of nitrogens with one attached hydrogen (secondary N) is 2. The van der Waals surface area contributed by atoms with E-state index < -0.39 is 17.5 Å². The fourth-order valence-corrected chi connectivity index (χ4v) is 1.95. The van der Waals surface area contributed by atoms with E-state index in [9.17, 15) is 18.0 Å². The second-order valence-corrected chi connectivity index (χ2v) is 4.89. The lowest BCUT2D eigenvalue weighted by Crippen LogP contribution is -2.16. The van der Waals surface area contributed by atoms with Gasteiger partial charge in [-0.2, -0.15) is 0 Å². The standard InChI is InChI=1S/C15H12ClF3N2O/c16-9-2-1-3-10(8-9)21-13(22)6-7-20-12-5-4-11(17)14(18)15(12)19/h1-5,8,20H,6-7H2,(H,21,22). The lowest BCUT2D eigenvalue weighted by Gasteiger charge is -2.09. The second-order valence-electron chi connectivity index (χ2n) is 4.46. The average molecular weight is 329 g/mol. The number of benzene rings is 2. The van der Waals surface area contributed by atoms with Gasteiger partial charge in [-0.3, -0.25) is 4.79 Å². The minimum absolute atomic E-state index is 0.0188. The number of hydrogen-bond acceptors (Lipinski definition) is 2. The number of carbonyl (C=O) groups excluding carboxylic acids is 1. The molecule has 0 fully saturated rings. The minimum atomic E-state index is -1.55. The Balaban J connectivity index is 1.86. The molecule has 1 amide bonds. The van der Waals surface area contributed by atoms with Gasteiger partial charge in [0.2, 0.25) is 5.91 Å². The molecule has 0 aromatic heterocycles. The summed E-state index contributed by atoms with van der Waals surface area (Å²) in [4.78, 5) is 11.7. The van der Waals surface area contributed by atoms with E-state index in [1.165, 1.54) is 0 Å². The number of halogens is 4. The van der Waals surface area contributed by atoms with Gasteiger partial charge in [-0.05, 0) is 30.3 Å². The Morgan fingerprint density at radius 2 is 1.86 bits per heavy atom. The number of anilines is 2. The Morgan fingerprint density at radius 1 is 1.09 bits per heavy atom. The maximum atomic E-state index is 13.4. The van der Waals surface area contributed by atoms with Crippen molar-refractivity contribution in [2.45, 2.75) is 6.42 Å². The van der Waals surface area contributed by atoms with Crippen LogP contribution in [0.25, 0.3) is 0 Å². The summed E-state index contributed by atoms with van der Waals surface area (Å²) in [6.07, 6.45) is 0.0188. The summed E-state index contributed by atoms with van der Waals surface area (Å²) in [5.74, 6) is -4.44. The second kappa shape index (κ2) is 7.17. The van der Waals surface area contributed by atoms with Crippen LogP contribution in [-0.4, -0.2) is 12.5 Å². The molecule has 0 heterocycles. The molecule has 2 N–H and O–H groups in total. The number of hydrogen-bond donors (Lipinski definition) is 2. The SMILES string of the molecule is O=C(CCNc1ccc(F)c(F)c1F)Nc1cccc(Cl)c1. The van der Waals surface area contributed by atoms with E-state index in [4.69, 9.17) is 11.6 Å². The van der Waals surface area contributed by atoms with Crippen LogP contribution in [0.3, 0.4) is 0 Å². The summed E-state index contributed by atoms with van der Waals surface area (Å²) in [5.41, 5.74) is 0.339. The van der Waals surface area contributed by atoms with Crippen molar-refractivity contribution in [3.63, 3.8) is 0 Å². The molecule has 0 aliphatic carbocycles. The van der Waals surface area contributed by atoms with E-state index in [-0.39, 0.29) is 24.6 Å². The zero-order valence-corrected chi connectivity index (χ0v) is 12.1. The van der Waals surface area contributed by atoms with Crippen molar-refractivity contribution in [3.05, 3.63) is 58.9 Å². The monoisotopic (exact) mass is 328 g/mol. The Morgan fingerprint density at radius 3 is 2.59 bits per heavy atom. The van der Waals surface area contributed by atoms with Gasteiger partial charge in [0.15, 0.2) is 17.5 Å². The number of rotatable bonds is 5. The fourth-order valence-electron chi connectivity index (χ4n) is 1.76. The quantitative estimate of drug-likeness (QED) is 0.808. The maximum Gasteiger partial charge on any atom is 0.226 e. The summed E-state index contributed by atoms with van der Waals surface area (Å²) in [6.45, 7) is 0.0639. The molecule has 116 valence electrons. The topological polar surface area (TPSA) is 41.1 Å². The Hall–Kier alpha value is -2.21. The molecule has 2 aromatic rings. The summed E-state index contributed by atoms with van der Waals surface area (Å²) in [5, 5.41) is 5.64. The number of amides is 1. The molecular formula is C15H12ClF3N2O. The van der Waals surface area contributed by atoms with Crippen LogP contribution in [0.1, 0.15) is 6.42 Å². The highest BCUT2D eigenvalue weighted by molar-refractivity contribution is 6.30. The van der Waals surface area contributed by atoms with Gasteiger partial charge in [-0.15, -0.1) is 0 Å². The summed E-state index contributed by atoms with van der Waals surface area (Å²) in [6, 6.07) is 8.50. The molecule has 3 nitrogen and oxygen atoms in total. The molecule has 0 aliphatic heterocycles. The first-order valence-electron chi connectivity index (χ1n) is 6.40. The molecule has 0 unspecified atom stereocenters. The molecule has 2 aromatic carbocycles. The lowest BCUT2D eigenvalue weighted by molar-refractivity contribution is -0.115. The average Bonchev–Trinajstić information content (AvgIpc) is 2.47. The highest BCUT2D eigenvalue weighted by Gasteiger charge is 2.13. The third kappa shape index (κ3) is 4.14. The van der Waals surface area contributed by atoms with Crippen LogP contribution in [0.2, 0.25) is 5.02 Å². The van der Waals surface area contributed by atoms with Crippen molar-refractivity contribution in [2.24, 2.45) is 0 Å². The van der Waals surface area contributed by atoms with Crippen molar-refractivity contribution in [3.8, 4) is 0 Å². The van der Waals surface area contributed by atoms with Crippen molar-refractivity contribution in [1.29, 1.82) is 0 Å². The van der Waals surface area contributed by atoms with Gasteiger partial charge in [0, 0.05) is 23.7 Å². The van der Waals surface area contributed by atoms with Crippen LogP contribution in [0.15, 0.2) is 36.4 Å². The largest absolute Gasteiger partial charge is 0.382 e. The smallest absolute Gasteiger partial charge is 0.226 e. The van der Waals surface area contributed by atoms with Gasteiger partial charge in [0.25, 0.3) is 0 Å². The zero-order chi connectivity index (χ0) is 16.1. The van der Waals surface area contributed by atoms with Crippen LogP contribution in [0, 0.1) is 17.5 Å². The molecule has 0 radical (unpaired) electrons. The van der Waals surface area contributed by atoms with Gasteiger partial charge in [-0.1, -0.05) is 17.7 Å². The van der Waals surface area contributed by atoms with E-state index in [0.29, 0.717) is 10.7 Å². The highest BCUT2D eigenvalue weighted by atomic mass is 35.5.